The highest BCUT2D eigenvalue weighted by atomic mass is 32.2. The van der Waals surface area contributed by atoms with E-state index < -0.39 is 10.0 Å². The van der Waals surface area contributed by atoms with Gasteiger partial charge in [0.25, 0.3) is 0 Å². The van der Waals surface area contributed by atoms with Crippen LogP contribution in [0.2, 0.25) is 0 Å². The lowest BCUT2D eigenvalue weighted by Gasteiger charge is -2.33. The first-order valence-electron chi connectivity index (χ1n) is 9.85. The largest absolute Gasteiger partial charge is 0.395 e. The molecule has 1 aliphatic heterocycles. The van der Waals surface area contributed by atoms with E-state index in [-0.39, 0.29) is 30.5 Å². The second kappa shape index (κ2) is 8.58. The molecule has 0 atom stereocenters. The molecule has 1 aliphatic rings. The van der Waals surface area contributed by atoms with Crippen LogP contribution in [0.3, 0.4) is 0 Å². The Morgan fingerprint density at radius 3 is 2.77 bits per heavy atom. The Morgan fingerprint density at radius 1 is 1.16 bits per heavy atom. The Morgan fingerprint density at radius 2 is 2.00 bits per heavy atom. The molecular weight excluding hydrogens is 418 g/mol. The number of pyridine rings is 2. The highest BCUT2D eigenvalue weighted by molar-refractivity contribution is 7.89. The van der Waals surface area contributed by atoms with E-state index >= 15 is 0 Å². The van der Waals surface area contributed by atoms with E-state index in [2.05, 4.69) is 9.71 Å². The standard InChI is InChI=1S/C21H23N5O4S/c1-25-10-11-26(14-20(25)28)19-7-8-22-18-6-5-17(24-21(18)19)15-3-2-4-16(13-15)31(29,30)23-9-12-27/h2-8,13,23,27H,9-12,14H2,1H3. The van der Waals surface area contributed by atoms with E-state index in [4.69, 9.17) is 10.1 Å². The maximum absolute atomic E-state index is 12.4. The first kappa shape index (κ1) is 21.2. The molecule has 0 saturated carbocycles. The van der Waals surface area contributed by atoms with Crippen LogP contribution in [0.25, 0.3) is 22.3 Å². The number of aliphatic hydroxyl groups is 1. The Hall–Kier alpha value is -3.08. The van der Waals surface area contributed by atoms with E-state index in [1.165, 1.54) is 6.07 Å². The van der Waals surface area contributed by atoms with Gasteiger partial charge in [-0.1, -0.05) is 12.1 Å². The summed E-state index contributed by atoms with van der Waals surface area (Å²) < 4.78 is 27.2. The smallest absolute Gasteiger partial charge is 0.241 e. The molecule has 0 spiro atoms. The lowest BCUT2D eigenvalue weighted by Crippen LogP contribution is -2.48. The van der Waals surface area contributed by atoms with E-state index in [1.807, 2.05) is 17.0 Å². The van der Waals surface area contributed by atoms with Gasteiger partial charge < -0.3 is 14.9 Å². The molecule has 0 bridgehead atoms. The lowest BCUT2D eigenvalue weighted by molar-refractivity contribution is -0.129. The number of hydrogen-bond donors (Lipinski definition) is 2. The third-order valence-corrected chi connectivity index (χ3v) is 6.66. The van der Waals surface area contributed by atoms with Gasteiger partial charge in [0.1, 0.15) is 5.52 Å². The maximum Gasteiger partial charge on any atom is 0.241 e. The van der Waals surface area contributed by atoms with Crippen LogP contribution in [0.4, 0.5) is 5.69 Å². The van der Waals surface area contributed by atoms with Crippen LogP contribution in [0.5, 0.6) is 0 Å². The van der Waals surface area contributed by atoms with Crippen LogP contribution in [0.1, 0.15) is 0 Å². The highest BCUT2D eigenvalue weighted by Crippen LogP contribution is 2.28. The quantitative estimate of drug-likeness (QED) is 0.582. The summed E-state index contributed by atoms with van der Waals surface area (Å²) in [7, 11) is -1.94. The Bertz CT molecular complexity index is 1230. The van der Waals surface area contributed by atoms with Gasteiger partial charge in [0.15, 0.2) is 0 Å². The molecule has 4 rings (SSSR count). The van der Waals surface area contributed by atoms with Crippen molar-refractivity contribution in [1.82, 2.24) is 19.6 Å². The van der Waals surface area contributed by atoms with Crippen molar-refractivity contribution in [2.24, 2.45) is 0 Å². The molecule has 1 fully saturated rings. The summed E-state index contributed by atoms with van der Waals surface area (Å²) in [6.45, 7) is 1.25. The van der Waals surface area contributed by atoms with Crippen molar-refractivity contribution in [3.63, 3.8) is 0 Å². The number of piperazine rings is 1. The average Bonchev–Trinajstić information content (AvgIpc) is 2.79. The Kier molecular flexibility index (Phi) is 5.86. The molecule has 3 aromatic rings. The molecular formula is C21H23N5O4S. The summed E-state index contributed by atoms with van der Waals surface area (Å²) in [5.74, 6) is 0.0423. The van der Waals surface area contributed by atoms with Gasteiger partial charge >= 0.3 is 0 Å². The maximum atomic E-state index is 12.4. The fraction of sp³-hybridized carbons (Fsp3) is 0.286. The monoisotopic (exact) mass is 441 g/mol. The lowest BCUT2D eigenvalue weighted by atomic mass is 10.1. The van der Waals surface area contributed by atoms with Crippen molar-refractivity contribution in [1.29, 1.82) is 0 Å². The van der Waals surface area contributed by atoms with E-state index in [0.717, 1.165) is 5.69 Å². The zero-order valence-corrected chi connectivity index (χ0v) is 17.8. The number of aromatic nitrogens is 2. The third kappa shape index (κ3) is 4.36. The molecule has 1 aromatic carbocycles. The van der Waals surface area contributed by atoms with Crippen LogP contribution < -0.4 is 9.62 Å². The van der Waals surface area contributed by atoms with E-state index in [0.29, 0.717) is 35.4 Å². The Balaban J connectivity index is 1.73. The number of hydrogen-bond acceptors (Lipinski definition) is 7. The number of anilines is 1. The van der Waals surface area contributed by atoms with Gasteiger partial charge in [0, 0.05) is 38.4 Å². The predicted octanol–water partition coefficient (Wildman–Crippen LogP) is 0.846. The minimum Gasteiger partial charge on any atom is -0.395 e. The van der Waals surface area contributed by atoms with Gasteiger partial charge in [-0.15, -0.1) is 0 Å². The van der Waals surface area contributed by atoms with Crippen molar-refractivity contribution in [3.8, 4) is 11.3 Å². The second-order valence-corrected chi connectivity index (χ2v) is 9.05. The topological polar surface area (TPSA) is 116 Å². The first-order chi connectivity index (χ1) is 14.9. The van der Waals surface area contributed by atoms with Crippen molar-refractivity contribution in [3.05, 3.63) is 48.7 Å². The van der Waals surface area contributed by atoms with Crippen molar-refractivity contribution < 1.29 is 18.3 Å². The molecule has 0 unspecified atom stereocenters. The summed E-state index contributed by atoms with van der Waals surface area (Å²) in [4.78, 5) is 25.1. The van der Waals surface area contributed by atoms with Crippen LogP contribution in [-0.4, -0.2) is 74.1 Å². The second-order valence-electron chi connectivity index (χ2n) is 7.28. The van der Waals surface area contributed by atoms with Gasteiger partial charge in [0.2, 0.25) is 15.9 Å². The number of fused-ring (bicyclic) bond motifs is 1. The third-order valence-electron chi connectivity index (χ3n) is 5.20. The van der Waals surface area contributed by atoms with E-state index in [1.54, 1.807) is 42.4 Å². The van der Waals surface area contributed by atoms with Gasteiger partial charge in [-0.3, -0.25) is 9.78 Å². The van der Waals surface area contributed by atoms with Gasteiger partial charge in [0.05, 0.1) is 34.9 Å². The molecule has 162 valence electrons. The number of benzene rings is 1. The number of nitrogens with one attached hydrogen (secondary N) is 1. The summed E-state index contributed by atoms with van der Waals surface area (Å²) >= 11 is 0. The molecule has 1 amide bonds. The zero-order chi connectivity index (χ0) is 22.0. The molecule has 0 aliphatic carbocycles. The molecule has 2 aromatic heterocycles. The SMILES string of the molecule is CN1CCN(c2ccnc3ccc(-c4cccc(S(=O)(=O)NCCO)c4)nc23)CC1=O. The first-order valence-corrected chi connectivity index (χ1v) is 11.3. The van der Waals surface area contributed by atoms with Crippen LogP contribution in [0.15, 0.2) is 53.6 Å². The van der Waals surface area contributed by atoms with Crippen molar-refractivity contribution in [2.45, 2.75) is 4.90 Å². The number of carbonyl (C=O) groups is 1. The predicted molar refractivity (Wildman–Crippen MR) is 117 cm³/mol. The number of amides is 1. The van der Waals surface area contributed by atoms with Crippen molar-refractivity contribution in [2.75, 3.05) is 44.7 Å². The molecule has 9 nitrogen and oxygen atoms in total. The number of likely N-dealkylation sites (N-methyl/N-ethyl adjacent to an activating group) is 1. The van der Waals surface area contributed by atoms with Crippen molar-refractivity contribution >= 4 is 32.7 Å². The number of carbonyl (C=O) groups excluding carboxylic acids is 1. The minimum absolute atomic E-state index is 0.0423. The molecule has 1 saturated heterocycles. The average molecular weight is 442 g/mol. The fourth-order valence-corrected chi connectivity index (χ4v) is 4.54. The molecule has 2 N–H and O–H groups in total. The summed E-state index contributed by atoms with van der Waals surface area (Å²) in [6, 6.07) is 12.0. The van der Waals surface area contributed by atoms with Gasteiger partial charge in [-0.2, -0.15) is 0 Å². The molecule has 10 heteroatoms. The number of aliphatic hydroxyl groups excluding tert-OH is 1. The van der Waals surface area contributed by atoms with E-state index in [9.17, 15) is 13.2 Å². The van der Waals surface area contributed by atoms with Crippen LogP contribution in [-0.2, 0) is 14.8 Å². The van der Waals surface area contributed by atoms with Gasteiger partial charge in [-0.25, -0.2) is 18.1 Å². The highest BCUT2D eigenvalue weighted by Gasteiger charge is 2.23. The fourth-order valence-electron chi connectivity index (χ4n) is 3.48. The van der Waals surface area contributed by atoms with Crippen LogP contribution in [0, 0.1) is 0 Å². The minimum atomic E-state index is -3.73. The molecule has 3 heterocycles. The number of nitrogens with zero attached hydrogens (tertiary/aromatic N) is 4. The normalized spacial score (nSPS) is 15.0. The molecule has 0 radical (unpaired) electrons. The summed E-state index contributed by atoms with van der Waals surface area (Å²) in [5.41, 5.74) is 3.41. The van der Waals surface area contributed by atoms with Gasteiger partial charge in [-0.05, 0) is 30.3 Å². The summed E-state index contributed by atoms with van der Waals surface area (Å²) in [6.07, 6.45) is 1.70. The zero-order valence-electron chi connectivity index (χ0n) is 17.0. The number of rotatable bonds is 6. The van der Waals surface area contributed by atoms with Crippen LogP contribution >= 0.6 is 0 Å². The number of sulfonamides is 1. The summed E-state index contributed by atoms with van der Waals surface area (Å²) in [5, 5.41) is 8.90. The molecule has 31 heavy (non-hydrogen) atoms. The Labute approximate surface area is 180 Å².